The lowest BCUT2D eigenvalue weighted by Gasteiger charge is -2.20. The largest absolute Gasteiger partial charge is 0.416 e. The van der Waals surface area contributed by atoms with Crippen LogP contribution in [0.5, 0.6) is 0 Å². The van der Waals surface area contributed by atoms with E-state index in [1.165, 1.54) is 24.4 Å². The SMILES string of the molecule is Cc1nnc(-c2ccc(Cl)cc2N(Cl)S(=O)(=O)c2cccc(C(F)(F)F)c2)n1-c1ccn[nH]1. The van der Waals surface area contributed by atoms with Gasteiger partial charge >= 0.3 is 6.18 Å². The van der Waals surface area contributed by atoms with Gasteiger partial charge in [0.2, 0.25) is 0 Å². The summed E-state index contributed by atoms with van der Waals surface area (Å²) in [6, 6.07) is 9.14. The lowest BCUT2D eigenvalue weighted by atomic mass is 10.1. The zero-order valence-corrected chi connectivity index (χ0v) is 18.9. The van der Waals surface area contributed by atoms with Gasteiger partial charge in [0.15, 0.2) is 5.82 Å². The first-order chi connectivity index (χ1) is 15.5. The molecule has 2 aromatic heterocycles. The van der Waals surface area contributed by atoms with Gasteiger partial charge in [0, 0.05) is 28.4 Å². The molecule has 0 atom stereocenters. The Hall–Kier alpha value is -3.09. The van der Waals surface area contributed by atoms with Crippen molar-refractivity contribution in [2.45, 2.75) is 18.0 Å². The molecular weight excluding hydrogens is 504 g/mol. The van der Waals surface area contributed by atoms with E-state index in [9.17, 15) is 21.6 Å². The van der Waals surface area contributed by atoms with Crippen LogP contribution < -0.4 is 3.82 Å². The summed E-state index contributed by atoms with van der Waals surface area (Å²) in [4.78, 5) is -0.649. The topological polar surface area (TPSA) is 96.8 Å². The van der Waals surface area contributed by atoms with Crippen LogP contribution in [0.1, 0.15) is 11.4 Å². The second-order valence-corrected chi connectivity index (χ2v) is 9.52. The summed E-state index contributed by atoms with van der Waals surface area (Å²) in [5, 5.41) is 14.9. The Bertz CT molecular complexity index is 1420. The Kier molecular flexibility index (Phi) is 5.85. The van der Waals surface area contributed by atoms with E-state index in [4.69, 9.17) is 23.4 Å². The van der Waals surface area contributed by atoms with E-state index in [1.807, 2.05) is 0 Å². The zero-order chi connectivity index (χ0) is 24.0. The number of hydrogen-bond acceptors (Lipinski definition) is 5. The number of aryl methyl sites for hydroxylation is 1. The lowest BCUT2D eigenvalue weighted by Crippen LogP contribution is -2.23. The van der Waals surface area contributed by atoms with E-state index in [2.05, 4.69) is 20.4 Å². The number of anilines is 1. The van der Waals surface area contributed by atoms with Gasteiger partial charge in [-0.2, -0.15) is 30.5 Å². The van der Waals surface area contributed by atoms with Crippen LogP contribution in [0, 0.1) is 6.92 Å². The average Bonchev–Trinajstić information content (AvgIpc) is 3.42. The second kappa shape index (κ2) is 8.36. The maximum Gasteiger partial charge on any atom is 0.416 e. The Balaban J connectivity index is 1.86. The summed E-state index contributed by atoms with van der Waals surface area (Å²) < 4.78 is 67.6. The average molecular weight is 517 g/mol. The predicted molar refractivity (Wildman–Crippen MR) is 116 cm³/mol. The molecule has 0 spiro atoms. The highest BCUT2D eigenvalue weighted by atomic mass is 35.5. The minimum absolute atomic E-state index is 0.130. The number of aromatic nitrogens is 5. The van der Waals surface area contributed by atoms with Crippen LogP contribution in [-0.2, 0) is 16.2 Å². The smallest absolute Gasteiger partial charge is 0.263 e. The molecule has 0 saturated carbocycles. The molecule has 0 fully saturated rings. The molecular formula is C19H13Cl2F3N6O2S. The van der Waals surface area contributed by atoms with Crippen molar-refractivity contribution >= 4 is 39.1 Å². The van der Waals surface area contributed by atoms with Crippen molar-refractivity contribution in [1.82, 2.24) is 25.0 Å². The van der Waals surface area contributed by atoms with Crippen molar-refractivity contribution in [2.24, 2.45) is 0 Å². The summed E-state index contributed by atoms with van der Waals surface area (Å²) in [6.45, 7) is 1.67. The second-order valence-electron chi connectivity index (χ2n) is 6.76. The quantitative estimate of drug-likeness (QED) is 0.377. The summed E-state index contributed by atoms with van der Waals surface area (Å²) in [5.74, 6) is 1.15. The third-order valence-corrected chi connectivity index (χ3v) is 7.04. The molecule has 0 aliphatic heterocycles. The molecule has 4 aromatic rings. The van der Waals surface area contributed by atoms with Crippen molar-refractivity contribution < 1.29 is 21.6 Å². The number of halogens is 5. The fourth-order valence-corrected chi connectivity index (χ4v) is 4.76. The summed E-state index contributed by atoms with van der Waals surface area (Å²) in [6.07, 6.45) is -3.23. The van der Waals surface area contributed by atoms with Gasteiger partial charge in [0.25, 0.3) is 10.0 Å². The van der Waals surface area contributed by atoms with E-state index >= 15 is 0 Å². The number of rotatable bonds is 5. The summed E-state index contributed by atoms with van der Waals surface area (Å²) in [7, 11) is -4.62. The molecule has 0 radical (unpaired) electrons. The number of nitrogens with one attached hydrogen (secondary N) is 1. The number of nitrogens with zero attached hydrogens (tertiary/aromatic N) is 5. The third-order valence-electron chi connectivity index (χ3n) is 4.61. The Labute approximate surface area is 195 Å². The minimum atomic E-state index is -4.73. The number of sulfonamides is 1. The van der Waals surface area contributed by atoms with Gasteiger partial charge in [0.05, 0.1) is 22.3 Å². The fraction of sp³-hybridized carbons (Fsp3) is 0.105. The standard InChI is InChI=1S/C19H13Cl2F3N6O2S/c1-11-26-28-18(29(11)17-7-8-25-27-17)15-6-5-13(20)10-16(15)30(21)33(31,32)14-4-2-3-12(9-14)19(22,23)24/h2-10H,1H3,(H,25,27). The number of benzene rings is 2. The number of aromatic amines is 1. The van der Waals surface area contributed by atoms with Crippen molar-refractivity contribution in [3.63, 3.8) is 0 Å². The van der Waals surface area contributed by atoms with Gasteiger partial charge in [-0.3, -0.25) is 9.67 Å². The van der Waals surface area contributed by atoms with Gasteiger partial charge in [-0.15, -0.1) is 10.2 Å². The first-order valence-electron chi connectivity index (χ1n) is 9.10. The molecule has 8 nitrogen and oxygen atoms in total. The molecule has 2 aromatic carbocycles. The number of hydrogen-bond donors (Lipinski definition) is 1. The monoisotopic (exact) mass is 516 g/mol. The molecule has 33 heavy (non-hydrogen) atoms. The van der Waals surface area contributed by atoms with E-state index in [-0.39, 0.29) is 22.1 Å². The van der Waals surface area contributed by atoms with E-state index in [1.54, 1.807) is 17.6 Å². The van der Waals surface area contributed by atoms with Gasteiger partial charge in [-0.25, -0.2) is 0 Å². The number of H-pyrrole nitrogens is 1. The lowest BCUT2D eigenvalue weighted by molar-refractivity contribution is -0.137. The molecule has 0 saturated heterocycles. The first-order valence-corrected chi connectivity index (χ1v) is 11.3. The van der Waals surface area contributed by atoms with Crippen LogP contribution in [0.4, 0.5) is 18.9 Å². The molecule has 0 aliphatic rings. The highest BCUT2D eigenvalue weighted by Gasteiger charge is 2.34. The summed E-state index contributed by atoms with van der Waals surface area (Å²) >= 11 is 12.3. The molecule has 14 heteroatoms. The van der Waals surface area contributed by atoms with Crippen molar-refractivity contribution in [3.8, 4) is 17.2 Å². The molecule has 0 bridgehead atoms. The molecule has 4 rings (SSSR count). The van der Waals surface area contributed by atoms with Crippen molar-refractivity contribution in [3.05, 3.63) is 71.1 Å². The Morgan fingerprint density at radius 3 is 2.52 bits per heavy atom. The Morgan fingerprint density at radius 1 is 1.09 bits per heavy atom. The maximum absolute atomic E-state index is 13.1. The van der Waals surface area contributed by atoms with Gasteiger partial charge in [-0.05, 0) is 43.3 Å². The Morgan fingerprint density at radius 2 is 1.85 bits per heavy atom. The van der Waals surface area contributed by atoms with Gasteiger partial charge < -0.3 is 0 Å². The molecule has 0 amide bonds. The van der Waals surface area contributed by atoms with Gasteiger partial charge in [0.1, 0.15) is 11.6 Å². The molecule has 172 valence electrons. The third kappa shape index (κ3) is 4.28. The molecule has 2 heterocycles. The molecule has 0 aliphatic carbocycles. The van der Waals surface area contributed by atoms with E-state index in [0.717, 1.165) is 18.2 Å². The number of alkyl halides is 3. The molecule has 1 N–H and O–H groups in total. The van der Waals surface area contributed by atoms with Crippen LogP contribution in [0.3, 0.4) is 0 Å². The first kappa shape index (κ1) is 23.1. The van der Waals surface area contributed by atoms with Gasteiger partial charge in [-0.1, -0.05) is 17.7 Å². The highest BCUT2D eigenvalue weighted by molar-refractivity contribution is 7.94. The minimum Gasteiger partial charge on any atom is -0.263 e. The van der Waals surface area contributed by atoms with E-state index < -0.39 is 26.7 Å². The molecule has 0 unspecified atom stereocenters. The van der Waals surface area contributed by atoms with Crippen LogP contribution in [-0.4, -0.2) is 33.4 Å². The van der Waals surface area contributed by atoms with Crippen molar-refractivity contribution in [1.29, 1.82) is 0 Å². The highest BCUT2D eigenvalue weighted by Crippen LogP contribution is 2.38. The maximum atomic E-state index is 13.1. The summed E-state index contributed by atoms with van der Waals surface area (Å²) in [5.41, 5.74) is -1.05. The van der Waals surface area contributed by atoms with Crippen molar-refractivity contribution in [2.75, 3.05) is 3.82 Å². The predicted octanol–water partition coefficient (Wildman–Crippen LogP) is 4.99. The normalized spacial score (nSPS) is 12.2. The van der Waals surface area contributed by atoms with Crippen LogP contribution in [0.2, 0.25) is 5.02 Å². The van der Waals surface area contributed by atoms with Crippen LogP contribution in [0.15, 0.2) is 59.6 Å². The van der Waals surface area contributed by atoms with Crippen LogP contribution >= 0.6 is 23.4 Å². The zero-order valence-electron chi connectivity index (χ0n) is 16.5. The van der Waals surface area contributed by atoms with Crippen LogP contribution in [0.25, 0.3) is 17.2 Å². The van der Waals surface area contributed by atoms with E-state index in [0.29, 0.717) is 21.5 Å². The fourth-order valence-electron chi connectivity index (χ4n) is 3.09.